The number of anilines is 1. The molecule has 1 aliphatic carbocycles. The molecular formula is C11H16N2O2S. The number of rotatable bonds is 5. The van der Waals surface area contributed by atoms with Crippen LogP contribution in [0.1, 0.15) is 23.4 Å². The Balaban J connectivity index is 1.72. The molecule has 1 amide bonds. The molecule has 0 aliphatic heterocycles. The van der Waals surface area contributed by atoms with E-state index in [4.69, 9.17) is 4.74 Å². The van der Waals surface area contributed by atoms with Crippen LogP contribution in [0, 0.1) is 19.8 Å². The van der Waals surface area contributed by atoms with Crippen molar-refractivity contribution >= 4 is 22.4 Å². The Morgan fingerprint density at radius 2 is 2.31 bits per heavy atom. The molecule has 1 fully saturated rings. The molecule has 1 N–H and O–H groups in total. The number of nitrogens with zero attached hydrogens (tertiary/aromatic N) is 1. The summed E-state index contributed by atoms with van der Waals surface area (Å²) in [4.78, 5) is 16.8. The highest BCUT2D eigenvalue weighted by molar-refractivity contribution is 7.15. The van der Waals surface area contributed by atoms with Crippen molar-refractivity contribution in [1.29, 1.82) is 0 Å². The van der Waals surface area contributed by atoms with E-state index in [9.17, 15) is 4.79 Å². The van der Waals surface area contributed by atoms with Crippen molar-refractivity contribution in [2.75, 3.05) is 18.5 Å². The SMILES string of the molecule is Cc1nc(NC(=O)COCC2CC2)sc1C. The standard InChI is InChI=1S/C11H16N2O2S/c1-7-8(2)16-11(12-7)13-10(14)6-15-5-9-3-4-9/h9H,3-6H2,1-2H3,(H,12,13,14). The van der Waals surface area contributed by atoms with Gasteiger partial charge < -0.3 is 4.74 Å². The first-order chi connectivity index (χ1) is 7.65. The van der Waals surface area contributed by atoms with Crippen LogP contribution >= 0.6 is 11.3 Å². The van der Waals surface area contributed by atoms with Crippen LogP contribution in [-0.2, 0) is 9.53 Å². The maximum Gasteiger partial charge on any atom is 0.252 e. The second-order valence-electron chi connectivity index (χ2n) is 4.17. The van der Waals surface area contributed by atoms with Gasteiger partial charge in [0, 0.05) is 4.88 Å². The molecule has 0 aromatic carbocycles. The second-order valence-corrected chi connectivity index (χ2v) is 5.37. The van der Waals surface area contributed by atoms with Crippen LogP contribution in [0.15, 0.2) is 0 Å². The number of hydrogen-bond donors (Lipinski definition) is 1. The molecule has 5 heteroatoms. The molecule has 1 heterocycles. The summed E-state index contributed by atoms with van der Waals surface area (Å²) in [6.45, 7) is 4.77. The zero-order valence-corrected chi connectivity index (χ0v) is 10.4. The fourth-order valence-electron chi connectivity index (χ4n) is 1.28. The first kappa shape index (κ1) is 11.5. The number of carbonyl (C=O) groups is 1. The van der Waals surface area contributed by atoms with E-state index in [1.807, 2.05) is 13.8 Å². The third-order valence-electron chi connectivity index (χ3n) is 2.56. The van der Waals surface area contributed by atoms with Crippen molar-refractivity contribution in [2.45, 2.75) is 26.7 Å². The van der Waals surface area contributed by atoms with Gasteiger partial charge in [-0.05, 0) is 32.6 Å². The Morgan fingerprint density at radius 3 is 2.88 bits per heavy atom. The molecule has 2 rings (SSSR count). The molecule has 0 spiro atoms. The van der Waals surface area contributed by atoms with Crippen LogP contribution in [0.5, 0.6) is 0 Å². The van der Waals surface area contributed by atoms with Gasteiger partial charge in [0.05, 0.1) is 12.3 Å². The fraction of sp³-hybridized carbons (Fsp3) is 0.636. The van der Waals surface area contributed by atoms with E-state index >= 15 is 0 Å². The summed E-state index contributed by atoms with van der Waals surface area (Å²) >= 11 is 1.50. The van der Waals surface area contributed by atoms with Crippen molar-refractivity contribution in [2.24, 2.45) is 5.92 Å². The van der Waals surface area contributed by atoms with E-state index in [1.54, 1.807) is 0 Å². The Bertz CT molecular complexity index is 366. The minimum atomic E-state index is -0.116. The Morgan fingerprint density at radius 1 is 1.56 bits per heavy atom. The molecule has 1 aliphatic rings. The van der Waals surface area contributed by atoms with Crippen LogP contribution in [0.3, 0.4) is 0 Å². The van der Waals surface area contributed by atoms with Crippen molar-refractivity contribution in [1.82, 2.24) is 4.98 Å². The summed E-state index contributed by atoms with van der Waals surface area (Å²) in [6, 6.07) is 0. The van der Waals surface area contributed by atoms with Gasteiger partial charge in [-0.1, -0.05) is 0 Å². The van der Waals surface area contributed by atoms with Crippen molar-refractivity contribution in [3.63, 3.8) is 0 Å². The predicted molar refractivity (Wildman–Crippen MR) is 63.8 cm³/mol. The molecule has 1 aromatic rings. The van der Waals surface area contributed by atoms with Gasteiger partial charge >= 0.3 is 0 Å². The highest BCUT2D eigenvalue weighted by atomic mass is 32.1. The van der Waals surface area contributed by atoms with Crippen LogP contribution in [0.2, 0.25) is 0 Å². The third kappa shape index (κ3) is 3.28. The molecule has 0 radical (unpaired) electrons. The minimum absolute atomic E-state index is 0.116. The lowest BCUT2D eigenvalue weighted by atomic mass is 10.4. The molecule has 88 valence electrons. The first-order valence-corrected chi connectivity index (χ1v) is 6.28. The van der Waals surface area contributed by atoms with Gasteiger partial charge in [-0.2, -0.15) is 0 Å². The lowest BCUT2D eigenvalue weighted by Gasteiger charge is -2.02. The van der Waals surface area contributed by atoms with E-state index in [-0.39, 0.29) is 12.5 Å². The number of carbonyl (C=O) groups excluding carboxylic acids is 1. The molecule has 4 nitrogen and oxygen atoms in total. The summed E-state index contributed by atoms with van der Waals surface area (Å²) in [7, 11) is 0. The summed E-state index contributed by atoms with van der Waals surface area (Å²) < 4.78 is 5.29. The molecule has 0 bridgehead atoms. The molecule has 1 saturated carbocycles. The number of nitrogens with one attached hydrogen (secondary N) is 1. The molecule has 0 atom stereocenters. The zero-order chi connectivity index (χ0) is 11.5. The maximum absolute atomic E-state index is 11.5. The van der Waals surface area contributed by atoms with Gasteiger partial charge in [0.2, 0.25) is 0 Å². The van der Waals surface area contributed by atoms with Gasteiger partial charge in [0.15, 0.2) is 5.13 Å². The lowest BCUT2D eigenvalue weighted by molar-refractivity contribution is -0.120. The number of hydrogen-bond acceptors (Lipinski definition) is 4. The first-order valence-electron chi connectivity index (χ1n) is 5.47. The van der Waals surface area contributed by atoms with Crippen LogP contribution in [-0.4, -0.2) is 24.1 Å². The topological polar surface area (TPSA) is 51.2 Å². The summed E-state index contributed by atoms with van der Waals surface area (Å²) in [5, 5.41) is 3.40. The van der Waals surface area contributed by atoms with E-state index in [0.29, 0.717) is 17.7 Å². The largest absolute Gasteiger partial charge is 0.371 e. The Labute approximate surface area is 99.0 Å². The second kappa shape index (κ2) is 4.93. The average Bonchev–Trinajstić information content (AvgIpc) is 2.96. The quantitative estimate of drug-likeness (QED) is 0.857. The van der Waals surface area contributed by atoms with Gasteiger partial charge in [-0.3, -0.25) is 10.1 Å². The molecular weight excluding hydrogens is 224 g/mol. The van der Waals surface area contributed by atoms with Gasteiger partial charge in [0.1, 0.15) is 6.61 Å². The number of thiazole rings is 1. The predicted octanol–water partition coefficient (Wildman–Crippen LogP) is 2.13. The van der Waals surface area contributed by atoms with Crippen LogP contribution in [0.25, 0.3) is 0 Å². The summed E-state index contributed by atoms with van der Waals surface area (Å²) in [5.74, 6) is 0.576. The monoisotopic (exact) mass is 240 g/mol. The third-order valence-corrected chi connectivity index (χ3v) is 3.55. The molecule has 16 heavy (non-hydrogen) atoms. The minimum Gasteiger partial charge on any atom is -0.371 e. The molecule has 0 saturated heterocycles. The number of aromatic nitrogens is 1. The number of aryl methyl sites for hydroxylation is 2. The Hall–Kier alpha value is -0.940. The average molecular weight is 240 g/mol. The van der Waals surface area contributed by atoms with Gasteiger partial charge in [-0.15, -0.1) is 11.3 Å². The van der Waals surface area contributed by atoms with E-state index in [0.717, 1.165) is 10.6 Å². The van der Waals surface area contributed by atoms with Gasteiger partial charge in [-0.25, -0.2) is 4.98 Å². The van der Waals surface area contributed by atoms with Crippen LogP contribution in [0.4, 0.5) is 5.13 Å². The van der Waals surface area contributed by atoms with E-state index < -0.39 is 0 Å². The van der Waals surface area contributed by atoms with Crippen molar-refractivity contribution in [3.8, 4) is 0 Å². The normalized spacial score (nSPS) is 15.1. The van der Waals surface area contributed by atoms with Gasteiger partial charge in [0.25, 0.3) is 5.91 Å². The molecule has 0 unspecified atom stereocenters. The zero-order valence-electron chi connectivity index (χ0n) is 9.58. The lowest BCUT2D eigenvalue weighted by Crippen LogP contribution is -2.18. The highest BCUT2D eigenvalue weighted by Crippen LogP contribution is 2.28. The number of amides is 1. The van der Waals surface area contributed by atoms with E-state index in [2.05, 4.69) is 10.3 Å². The molecule has 1 aromatic heterocycles. The summed E-state index contributed by atoms with van der Waals surface area (Å²) in [6.07, 6.45) is 2.49. The van der Waals surface area contributed by atoms with E-state index in [1.165, 1.54) is 24.2 Å². The highest BCUT2D eigenvalue weighted by Gasteiger charge is 2.21. The number of ether oxygens (including phenoxy) is 1. The van der Waals surface area contributed by atoms with Crippen LogP contribution < -0.4 is 5.32 Å². The fourth-order valence-corrected chi connectivity index (χ4v) is 2.12. The van der Waals surface area contributed by atoms with Crippen molar-refractivity contribution in [3.05, 3.63) is 10.6 Å². The smallest absolute Gasteiger partial charge is 0.252 e. The summed E-state index contributed by atoms with van der Waals surface area (Å²) in [5.41, 5.74) is 0.971. The maximum atomic E-state index is 11.5. The van der Waals surface area contributed by atoms with Crippen molar-refractivity contribution < 1.29 is 9.53 Å². The Kier molecular flexibility index (Phi) is 3.56.